The van der Waals surface area contributed by atoms with Crippen LogP contribution in [0.2, 0.25) is 0 Å². The lowest BCUT2D eigenvalue weighted by molar-refractivity contribution is -0.120. The summed E-state index contributed by atoms with van der Waals surface area (Å²) in [5, 5.41) is 3.26. The van der Waals surface area contributed by atoms with E-state index in [1.807, 2.05) is 0 Å². The minimum Gasteiger partial charge on any atom is -0.314 e. The van der Waals surface area contributed by atoms with Gasteiger partial charge >= 0.3 is 0 Å². The molecule has 1 N–H and O–H groups in total. The number of hydrogen-bond donors (Lipinski definition) is 1. The van der Waals surface area contributed by atoms with Crippen molar-refractivity contribution in [2.75, 3.05) is 32.7 Å². The summed E-state index contributed by atoms with van der Waals surface area (Å²) in [7, 11) is 0. The van der Waals surface area contributed by atoms with Crippen molar-refractivity contribution >= 4 is 5.78 Å². The van der Waals surface area contributed by atoms with Crippen molar-refractivity contribution in [3.63, 3.8) is 0 Å². The molecule has 78 valence electrons. The molecule has 0 atom stereocenters. The molecule has 0 saturated carbocycles. The third-order valence-corrected chi connectivity index (χ3v) is 2.32. The number of nitrogens with zero attached hydrogens (tertiary/aromatic N) is 1. The first-order valence-corrected chi connectivity index (χ1v) is 5.17. The van der Waals surface area contributed by atoms with Crippen LogP contribution in [0.5, 0.6) is 0 Å². The Labute approximate surface area is 85.9 Å². The molecule has 1 rings (SSSR count). The molecule has 3 heteroatoms. The van der Waals surface area contributed by atoms with Crippen LogP contribution < -0.4 is 5.32 Å². The normalized spacial score (nSPS) is 17.2. The van der Waals surface area contributed by atoms with Gasteiger partial charge < -0.3 is 5.32 Å². The first kappa shape index (κ1) is 11.2. The van der Waals surface area contributed by atoms with Crippen molar-refractivity contribution < 1.29 is 4.79 Å². The van der Waals surface area contributed by atoms with E-state index < -0.39 is 0 Å². The van der Waals surface area contributed by atoms with Crippen molar-refractivity contribution in [1.29, 1.82) is 0 Å². The predicted octanol–water partition coefficient (Wildman–Crippen LogP) is 0.264. The van der Waals surface area contributed by atoms with Crippen LogP contribution in [0.3, 0.4) is 0 Å². The van der Waals surface area contributed by atoms with Crippen LogP contribution in [0.25, 0.3) is 0 Å². The third-order valence-electron chi connectivity index (χ3n) is 2.32. The number of Topliss-reactive ketones (excluding diaryl/α,β-unsaturated/α-hetero) is 1. The molecule has 1 heterocycles. The molecule has 0 aliphatic carbocycles. The molecule has 0 aromatic carbocycles. The number of piperazine rings is 1. The molecule has 1 fully saturated rings. The zero-order valence-electron chi connectivity index (χ0n) is 8.81. The van der Waals surface area contributed by atoms with Crippen molar-refractivity contribution in [2.45, 2.75) is 19.8 Å². The molecule has 0 amide bonds. The van der Waals surface area contributed by atoms with E-state index >= 15 is 0 Å². The van der Waals surface area contributed by atoms with Crippen molar-refractivity contribution in [3.8, 4) is 11.8 Å². The van der Waals surface area contributed by atoms with Gasteiger partial charge in [-0.25, -0.2) is 0 Å². The molecule has 0 unspecified atom stereocenters. The van der Waals surface area contributed by atoms with Gasteiger partial charge in [-0.15, -0.1) is 11.8 Å². The molecular weight excluding hydrogens is 176 g/mol. The van der Waals surface area contributed by atoms with Gasteiger partial charge in [-0.3, -0.25) is 9.69 Å². The highest BCUT2D eigenvalue weighted by molar-refractivity contribution is 5.80. The molecule has 3 nitrogen and oxygen atoms in total. The Kier molecular flexibility index (Phi) is 5.28. The molecule has 0 radical (unpaired) electrons. The Hall–Kier alpha value is -0.850. The zero-order chi connectivity index (χ0) is 10.2. The van der Waals surface area contributed by atoms with Gasteiger partial charge in [-0.1, -0.05) is 0 Å². The van der Waals surface area contributed by atoms with E-state index in [1.54, 1.807) is 6.92 Å². The van der Waals surface area contributed by atoms with Crippen LogP contribution in [0.4, 0.5) is 0 Å². The van der Waals surface area contributed by atoms with Crippen LogP contribution >= 0.6 is 0 Å². The van der Waals surface area contributed by atoms with Crippen LogP contribution in [0.15, 0.2) is 0 Å². The lowest BCUT2D eigenvalue weighted by atomic mass is 10.2. The summed E-state index contributed by atoms with van der Waals surface area (Å²) in [5.41, 5.74) is 0. The summed E-state index contributed by atoms with van der Waals surface area (Å²) in [4.78, 5) is 13.7. The first-order chi connectivity index (χ1) is 6.83. The van der Waals surface area contributed by atoms with E-state index in [-0.39, 0.29) is 0 Å². The minimum absolute atomic E-state index is 0.314. The van der Waals surface area contributed by atoms with Gasteiger partial charge in [0.2, 0.25) is 0 Å². The standard InChI is InChI=1S/C11H18N2O/c1-2-3-4-5-11(14)10-13-8-6-12-7-9-13/h12H,4-10H2,1H3. The fourth-order valence-corrected chi connectivity index (χ4v) is 1.52. The van der Waals surface area contributed by atoms with Crippen LogP contribution in [0, 0.1) is 11.8 Å². The van der Waals surface area contributed by atoms with E-state index in [0.717, 1.165) is 26.2 Å². The lowest BCUT2D eigenvalue weighted by Crippen LogP contribution is -2.45. The van der Waals surface area contributed by atoms with Crippen molar-refractivity contribution in [3.05, 3.63) is 0 Å². The van der Waals surface area contributed by atoms with Gasteiger partial charge in [0, 0.05) is 39.0 Å². The Morgan fingerprint density at radius 1 is 1.43 bits per heavy atom. The summed E-state index contributed by atoms with van der Waals surface area (Å²) < 4.78 is 0. The number of carbonyl (C=O) groups excluding carboxylic acids is 1. The molecule has 1 aliphatic heterocycles. The molecule has 0 bridgehead atoms. The van der Waals surface area contributed by atoms with Crippen LogP contribution in [-0.4, -0.2) is 43.4 Å². The minimum atomic E-state index is 0.314. The molecule has 14 heavy (non-hydrogen) atoms. The monoisotopic (exact) mass is 194 g/mol. The molecule has 0 aromatic heterocycles. The third kappa shape index (κ3) is 4.40. The molecule has 1 aliphatic rings. The van der Waals surface area contributed by atoms with Gasteiger partial charge in [0.15, 0.2) is 0 Å². The number of carbonyl (C=O) groups is 1. The Morgan fingerprint density at radius 2 is 2.14 bits per heavy atom. The smallest absolute Gasteiger partial charge is 0.147 e. The Morgan fingerprint density at radius 3 is 2.79 bits per heavy atom. The van der Waals surface area contributed by atoms with Gasteiger partial charge in [-0.05, 0) is 6.92 Å². The highest BCUT2D eigenvalue weighted by atomic mass is 16.1. The second-order valence-corrected chi connectivity index (χ2v) is 3.49. The van der Waals surface area contributed by atoms with E-state index in [1.165, 1.54) is 0 Å². The maximum atomic E-state index is 11.5. The quantitative estimate of drug-likeness (QED) is 0.652. The molecule has 0 spiro atoms. The Balaban J connectivity index is 2.14. The van der Waals surface area contributed by atoms with Crippen molar-refractivity contribution in [2.24, 2.45) is 0 Å². The topological polar surface area (TPSA) is 32.3 Å². The second kappa shape index (κ2) is 6.58. The van der Waals surface area contributed by atoms with E-state index in [4.69, 9.17) is 0 Å². The maximum absolute atomic E-state index is 11.5. The van der Waals surface area contributed by atoms with Gasteiger partial charge in [0.05, 0.1) is 6.54 Å². The van der Waals surface area contributed by atoms with Gasteiger partial charge in [0.25, 0.3) is 0 Å². The number of hydrogen-bond acceptors (Lipinski definition) is 3. The fourth-order valence-electron chi connectivity index (χ4n) is 1.52. The number of rotatable bonds is 4. The first-order valence-electron chi connectivity index (χ1n) is 5.17. The highest BCUT2D eigenvalue weighted by Crippen LogP contribution is 1.96. The van der Waals surface area contributed by atoms with E-state index in [0.29, 0.717) is 25.2 Å². The largest absolute Gasteiger partial charge is 0.314 e. The fraction of sp³-hybridized carbons (Fsp3) is 0.727. The number of ketones is 1. The van der Waals surface area contributed by atoms with Gasteiger partial charge in [-0.2, -0.15) is 0 Å². The maximum Gasteiger partial charge on any atom is 0.147 e. The molecule has 1 saturated heterocycles. The average molecular weight is 194 g/mol. The van der Waals surface area contributed by atoms with Gasteiger partial charge in [0.1, 0.15) is 5.78 Å². The van der Waals surface area contributed by atoms with E-state index in [2.05, 4.69) is 22.1 Å². The Bertz CT molecular complexity index is 233. The molecule has 0 aromatic rings. The average Bonchev–Trinajstić information content (AvgIpc) is 2.20. The summed E-state index contributed by atoms with van der Waals surface area (Å²) in [6.07, 6.45) is 1.31. The van der Waals surface area contributed by atoms with Crippen LogP contribution in [0.1, 0.15) is 19.8 Å². The second-order valence-electron chi connectivity index (χ2n) is 3.49. The van der Waals surface area contributed by atoms with E-state index in [9.17, 15) is 4.79 Å². The lowest BCUT2D eigenvalue weighted by Gasteiger charge is -2.26. The zero-order valence-corrected chi connectivity index (χ0v) is 8.81. The summed E-state index contributed by atoms with van der Waals surface area (Å²) in [6.45, 7) is 6.40. The molecular formula is C11H18N2O. The van der Waals surface area contributed by atoms with Crippen LogP contribution in [-0.2, 0) is 4.79 Å². The summed E-state index contributed by atoms with van der Waals surface area (Å²) in [6, 6.07) is 0. The number of nitrogens with one attached hydrogen (secondary N) is 1. The summed E-state index contributed by atoms with van der Waals surface area (Å²) >= 11 is 0. The summed E-state index contributed by atoms with van der Waals surface area (Å²) in [5.74, 6) is 6.03. The van der Waals surface area contributed by atoms with Crippen molar-refractivity contribution in [1.82, 2.24) is 10.2 Å². The predicted molar refractivity (Wildman–Crippen MR) is 57.0 cm³/mol. The SMILES string of the molecule is CC#CCCC(=O)CN1CCNCC1. The highest BCUT2D eigenvalue weighted by Gasteiger charge is 2.12.